The number of carbonyl (C=O) groups excluding carboxylic acids is 1. The molecule has 2 heterocycles. The van der Waals surface area contributed by atoms with Crippen molar-refractivity contribution in [2.75, 3.05) is 26.2 Å². The largest absolute Gasteiger partial charge is 0.340 e. The van der Waals surface area contributed by atoms with Crippen molar-refractivity contribution in [2.45, 2.75) is 44.7 Å². The molecule has 0 bridgehead atoms. The second-order valence-electron chi connectivity index (χ2n) is 4.98. The number of nitrogens with two attached hydrogens (primary N) is 1. The maximum absolute atomic E-state index is 12.1. The molecule has 0 aromatic heterocycles. The fourth-order valence-corrected chi connectivity index (χ4v) is 2.82. The molecule has 2 N–H and O–H groups in total. The number of nitrogens with zero attached hydrogens (tertiary/aromatic N) is 2. The third-order valence-electron chi connectivity index (χ3n) is 3.87. The van der Waals surface area contributed by atoms with Gasteiger partial charge in [0.15, 0.2) is 0 Å². The Hall–Kier alpha value is -0.610. The minimum atomic E-state index is -0.298. The van der Waals surface area contributed by atoms with Crippen LogP contribution in [0.4, 0.5) is 0 Å². The molecule has 2 aliphatic rings. The Morgan fingerprint density at radius 3 is 2.88 bits per heavy atom. The molecule has 0 saturated carbocycles. The molecule has 0 radical (unpaired) electrons. The van der Waals surface area contributed by atoms with Crippen LogP contribution < -0.4 is 5.73 Å². The van der Waals surface area contributed by atoms with Gasteiger partial charge in [-0.05, 0) is 32.2 Å². The Balaban J connectivity index is 1.97. The lowest BCUT2D eigenvalue weighted by Crippen LogP contribution is -2.46. The van der Waals surface area contributed by atoms with E-state index in [4.69, 9.17) is 5.73 Å². The highest BCUT2D eigenvalue weighted by atomic mass is 16.2. The van der Waals surface area contributed by atoms with Gasteiger partial charge >= 0.3 is 0 Å². The number of hydrogen-bond acceptors (Lipinski definition) is 3. The number of fused-ring (bicyclic) bond motifs is 1. The molecule has 2 saturated heterocycles. The summed E-state index contributed by atoms with van der Waals surface area (Å²) in [7, 11) is 0. The molecule has 0 aliphatic carbocycles. The summed E-state index contributed by atoms with van der Waals surface area (Å²) < 4.78 is 0. The monoisotopic (exact) mass is 225 g/mol. The van der Waals surface area contributed by atoms with E-state index in [2.05, 4.69) is 4.90 Å². The summed E-state index contributed by atoms with van der Waals surface area (Å²) in [4.78, 5) is 16.6. The minimum Gasteiger partial charge on any atom is -0.340 e. The molecule has 4 nitrogen and oxygen atoms in total. The zero-order valence-electron chi connectivity index (χ0n) is 10.2. The number of amides is 1. The predicted molar refractivity (Wildman–Crippen MR) is 64.1 cm³/mol. The maximum atomic E-state index is 12.1. The highest BCUT2D eigenvalue weighted by Crippen LogP contribution is 2.21. The van der Waals surface area contributed by atoms with Gasteiger partial charge < -0.3 is 10.6 Å². The summed E-state index contributed by atoms with van der Waals surface area (Å²) in [6, 6.07) is 0.295. The number of hydrogen-bond donors (Lipinski definition) is 1. The molecule has 1 unspecified atom stereocenters. The highest BCUT2D eigenvalue weighted by molar-refractivity contribution is 5.81. The van der Waals surface area contributed by atoms with Gasteiger partial charge in [0.05, 0.1) is 6.04 Å². The fraction of sp³-hybridized carbons (Fsp3) is 0.917. The van der Waals surface area contributed by atoms with Crippen molar-refractivity contribution in [3.63, 3.8) is 0 Å². The summed E-state index contributed by atoms with van der Waals surface area (Å²) in [6.45, 7) is 6.12. The average Bonchev–Trinajstić information content (AvgIpc) is 2.64. The minimum absolute atomic E-state index is 0.149. The van der Waals surface area contributed by atoms with Crippen LogP contribution in [0.1, 0.15) is 32.6 Å². The predicted octanol–water partition coefficient (Wildman–Crippen LogP) is 0.420. The van der Waals surface area contributed by atoms with Crippen LogP contribution in [-0.4, -0.2) is 54.0 Å². The van der Waals surface area contributed by atoms with Crippen molar-refractivity contribution in [3.8, 4) is 0 Å². The van der Waals surface area contributed by atoms with Crippen LogP contribution in [0.3, 0.4) is 0 Å². The first-order valence-corrected chi connectivity index (χ1v) is 6.50. The van der Waals surface area contributed by atoms with Crippen LogP contribution in [0, 0.1) is 0 Å². The van der Waals surface area contributed by atoms with Gasteiger partial charge in [0, 0.05) is 25.7 Å². The van der Waals surface area contributed by atoms with E-state index in [9.17, 15) is 4.79 Å². The Kier molecular flexibility index (Phi) is 3.82. The van der Waals surface area contributed by atoms with Gasteiger partial charge in [-0.1, -0.05) is 6.92 Å². The average molecular weight is 225 g/mol. The van der Waals surface area contributed by atoms with Crippen LogP contribution in [0.25, 0.3) is 0 Å². The zero-order chi connectivity index (χ0) is 11.5. The molecule has 1 amide bonds. The van der Waals surface area contributed by atoms with Crippen molar-refractivity contribution in [2.24, 2.45) is 5.73 Å². The van der Waals surface area contributed by atoms with Gasteiger partial charge in [0.25, 0.3) is 0 Å². The van der Waals surface area contributed by atoms with Gasteiger partial charge in [-0.3, -0.25) is 9.69 Å². The molecule has 0 aromatic rings. The molecule has 0 spiro atoms. The van der Waals surface area contributed by atoms with Crippen LogP contribution in [-0.2, 0) is 4.79 Å². The van der Waals surface area contributed by atoms with Crippen molar-refractivity contribution in [3.05, 3.63) is 0 Å². The van der Waals surface area contributed by atoms with Crippen molar-refractivity contribution in [1.29, 1.82) is 0 Å². The van der Waals surface area contributed by atoms with E-state index in [1.807, 2.05) is 11.8 Å². The first-order chi connectivity index (χ1) is 7.72. The maximum Gasteiger partial charge on any atom is 0.239 e. The molecule has 2 atom stereocenters. The SMILES string of the molecule is CC[C@@H](N)C(=O)N1CCCN2CCCC2C1. The molecule has 2 aliphatic heterocycles. The van der Waals surface area contributed by atoms with Gasteiger partial charge in [-0.25, -0.2) is 0 Å². The second-order valence-corrected chi connectivity index (χ2v) is 4.98. The highest BCUT2D eigenvalue weighted by Gasteiger charge is 2.31. The van der Waals surface area contributed by atoms with E-state index < -0.39 is 0 Å². The Morgan fingerprint density at radius 2 is 2.12 bits per heavy atom. The zero-order valence-corrected chi connectivity index (χ0v) is 10.2. The molecule has 2 rings (SSSR count). The fourth-order valence-electron chi connectivity index (χ4n) is 2.82. The molecule has 4 heteroatoms. The first kappa shape index (κ1) is 11.9. The quantitative estimate of drug-likeness (QED) is 0.741. The summed E-state index contributed by atoms with van der Waals surface area (Å²) in [5, 5.41) is 0. The van der Waals surface area contributed by atoms with E-state index >= 15 is 0 Å². The van der Waals surface area contributed by atoms with Crippen molar-refractivity contribution in [1.82, 2.24) is 9.80 Å². The second kappa shape index (κ2) is 5.15. The van der Waals surface area contributed by atoms with Crippen molar-refractivity contribution >= 4 is 5.91 Å². The third-order valence-corrected chi connectivity index (χ3v) is 3.87. The normalized spacial score (nSPS) is 28.6. The van der Waals surface area contributed by atoms with E-state index in [1.54, 1.807) is 0 Å². The van der Waals surface area contributed by atoms with E-state index in [0.29, 0.717) is 6.04 Å². The molecular weight excluding hydrogens is 202 g/mol. The summed E-state index contributed by atoms with van der Waals surface area (Å²) in [5.41, 5.74) is 5.83. The Morgan fingerprint density at radius 1 is 1.38 bits per heavy atom. The number of rotatable bonds is 2. The topological polar surface area (TPSA) is 49.6 Å². The summed E-state index contributed by atoms with van der Waals surface area (Å²) in [6.07, 6.45) is 4.36. The molecule has 92 valence electrons. The van der Waals surface area contributed by atoms with Crippen LogP contribution in [0.2, 0.25) is 0 Å². The molecular formula is C12H23N3O. The first-order valence-electron chi connectivity index (χ1n) is 6.50. The summed E-state index contributed by atoms with van der Waals surface area (Å²) >= 11 is 0. The van der Waals surface area contributed by atoms with Gasteiger partial charge in [0.1, 0.15) is 0 Å². The van der Waals surface area contributed by atoms with Gasteiger partial charge in [-0.15, -0.1) is 0 Å². The third kappa shape index (κ3) is 2.38. The summed E-state index contributed by atoms with van der Waals surface area (Å²) in [5.74, 6) is 0.149. The Labute approximate surface area is 97.8 Å². The van der Waals surface area contributed by atoms with Gasteiger partial charge in [0.2, 0.25) is 5.91 Å². The van der Waals surface area contributed by atoms with Crippen LogP contribution in [0.15, 0.2) is 0 Å². The Bertz CT molecular complexity index is 257. The lowest BCUT2D eigenvalue weighted by atomic mass is 10.1. The van der Waals surface area contributed by atoms with E-state index in [0.717, 1.165) is 32.5 Å². The van der Waals surface area contributed by atoms with Crippen molar-refractivity contribution < 1.29 is 4.79 Å². The van der Waals surface area contributed by atoms with E-state index in [-0.39, 0.29) is 11.9 Å². The molecule has 0 aromatic carbocycles. The molecule has 16 heavy (non-hydrogen) atoms. The lowest BCUT2D eigenvalue weighted by Gasteiger charge is -2.27. The molecule has 2 fully saturated rings. The van der Waals surface area contributed by atoms with Crippen LogP contribution >= 0.6 is 0 Å². The smallest absolute Gasteiger partial charge is 0.239 e. The number of carbonyl (C=O) groups is 1. The lowest BCUT2D eigenvalue weighted by molar-refractivity contribution is -0.132. The standard InChI is InChI=1S/C12H23N3O/c1-2-11(13)12(16)15-8-4-7-14-6-3-5-10(14)9-15/h10-11H,2-9,13H2,1H3/t10?,11-/m1/s1. The van der Waals surface area contributed by atoms with E-state index in [1.165, 1.54) is 19.4 Å². The van der Waals surface area contributed by atoms with Crippen LogP contribution in [0.5, 0.6) is 0 Å². The van der Waals surface area contributed by atoms with Gasteiger partial charge in [-0.2, -0.15) is 0 Å².